The standard InChI is InChI=1S/C18H24N4O/c1-21-13-6-5-7-14(21)11-12(10-13)19-18(23)17-15-8-3-4-9-16(15)22(2)20-17/h3-4,8-9,12-14H,5-7,10-11H2,1-2H3,(H,19,23)/t12?,13-,14+/i1T3. The molecule has 0 aliphatic carbocycles. The van der Waals surface area contributed by atoms with Crippen LogP contribution in [0.3, 0.4) is 0 Å². The number of nitrogens with zero attached hydrogens (tertiary/aromatic N) is 3. The minimum absolute atomic E-state index is 0.00262. The molecule has 2 aliphatic rings. The van der Waals surface area contributed by atoms with E-state index in [2.05, 4.69) is 10.4 Å². The monoisotopic (exact) mass is 318 g/mol. The summed E-state index contributed by atoms with van der Waals surface area (Å²) in [5.74, 6) is -0.174. The molecular weight excluding hydrogens is 288 g/mol. The molecule has 5 heteroatoms. The third kappa shape index (κ3) is 2.53. The van der Waals surface area contributed by atoms with Gasteiger partial charge in [0.25, 0.3) is 5.91 Å². The summed E-state index contributed by atoms with van der Waals surface area (Å²) in [6, 6.07) is 7.71. The van der Waals surface area contributed by atoms with Crippen LogP contribution < -0.4 is 5.32 Å². The van der Waals surface area contributed by atoms with Gasteiger partial charge in [-0.1, -0.05) is 24.6 Å². The van der Waals surface area contributed by atoms with Gasteiger partial charge in [0, 0.05) is 34.7 Å². The van der Waals surface area contributed by atoms with E-state index in [9.17, 15) is 4.79 Å². The van der Waals surface area contributed by atoms with Gasteiger partial charge in [-0.15, -0.1) is 0 Å². The zero-order valence-corrected chi connectivity index (χ0v) is 13.3. The normalized spacial score (nSPS) is 30.5. The van der Waals surface area contributed by atoms with Crippen LogP contribution in [0.25, 0.3) is 10.9 Å². The molecule has 0 spiro atoms. The van der Waals surface area contributed by atoms with Gasteiger partial charge < -0.3 is 10.2 Å². The summed E-state index contributed by atoms with van der Waals surface area (Å²) in [5, 5.41) is 8.34. The van der Waals surface area contributed by atoms with Crippen LogP contribution in [0.1, 0.15) is 46.7 Å². The Bertz CT molecular complexity index is 817. The maximum absolute atomic E-state index is 12.8. The molecule has 23 heavy (non-hydrogen) atoms. The molecule has 2 aliphatic heterocycles. The molecule has 0 radical (unpaired) electrons. The topological polar surface area (TPSA) is 50.2 Å². The first-order chi connectivity index (χ1) is 12.3. The van der Waals surface area contributed by atoms with E-state index < -0.39 is 6.98 Å². The van der Waals surface area contributed by atoms with E-state index in [1.807, 2.05) is 31.3 Å². The fourth-order valence-corrected chi connectivity index (χ4v) is 4.13. The van der Waals surface area contributed by atoms with Gasteiger partial charge in [-0.05, 0) is 38.7 Å². The number of fused-ring (bicyclic) bond motifs is 3. The SMILES string of the molecule is [3H]C([3H])([3H])N1[C@@H]2CCC[C@H]1CC(NC(=O)c1nn(C)c3ccccc13)C2. The lowest BCUT2D eigenvalue weighted by molar-refractivity contribution is 0.0462. The molecule has 1 aromatic carbocycles. The largest absolute Gasteiger partial charge is 0.348 e. The molecule has 1 aromatic heterocycles. The summed E-state index contributed by atoms with van der Waals surface area (Å²) < 4.78 is 25.2. The summed E-state index contributed by atoms with van der Waals surface area (Å²) in [7, 11) is 1.83. The quantitative estimate of drug-likeness (QED) is 0.924. The number of carbonyl (C=O) groups is 1. The van der Waals surface area contributed by atoms with Crippen LogP contribution in [0.2, 0.25) is 0 Å². The highest BCUT2D eigenvalue weighted by Crippen LogP contribution is 2.32. The Morgan fingerprint density at radius 1 is 1.30 bits per heavy atom. The first kappa shape index (κ1) is 11.6. The fourth-order valence-electron chi connectivity index (χ4n) is 4.13. The van der Waals surface area contributed by atoms with Crippen molar-refractivity contribution in [3.8, 4) is 0 Å². The van der Waals surface area contributed by atoms with Gasteiger partial charge in [0.05, 0.1) is 5.52 Å². The average Bonchev–Trinajstić information content (AvgIpc) is 2.91. The van der Waals surface area contributed by atoms with Crippen molar-refractivity contribution in [2.45, 2.75) is 50.2 Å². The Hall–Kier alpha value is -1.88. The Morgan fingerprint density at radius 3 is 2.78 bits per heavy atom. The number of hydrogen-bond acceptors (Lipinski definition) is 3. The molecule has 1 N–H and O–H groups in total. The average molecular weight is 318 g/mol. The maximum atomic E-state index is 12.8. The lowest BCUT2D eigenvalue weighted by Gasteiger charge is -2.47. The number of carbonyl (C=O) groups excluding carboxylic acids is 1. The third-order valence-electron chi connectivity index (χ3n) is 5.28. The zero-order valence-electron chi connectivity index (χ0n) is 16.3. The molecule has 2 fully saturated rings. The Balaban J connectivity index is 1.52. The molecule has 1 unspecified atom stereocenters. The fraction of sp³-hybridized carbons (Fsp3) is 0.556. The molecule has 3 heterocycles. The second-order valence-electron chi connectivity index (χ2n) is 6.78. The van der Waals surface area contributed by atoms with Gasteiger partial charge in [0.2, 0.25) is 0 Å². The van der Waals surface area contributed by atoms with E-state index in [0.717, 1.165) is 30.2 Å². The van der Waals surface area contributed by atoms with Crippen LogP contribution in [0.15, 0.2) is 24.3 Å². The summed E-state index contributed by atoms with van der Waals surface area (Å²) in [4.78, 5) is 14.5. The van der Waals surface area contributed by atoms with Crippen LogP contribution in [0.5, 0.6) is 0 Å². The van der Waals surface area contributed by atoms with E-state index in [1.54, 1.807) is 9.58 Å². The third-order valence-corrected chi connectivity index (χ3v) is 5.28. The van der Waals surface area contributed by atoms with Crippen molar-refractivity contribution in [1.82, 2.24) is 20.0 Å². The van der Waals surface area contributed by atoms with Crippen molar-refractivity contribution in [2.24, 2.45) is 7.05 Å². The van der Waals surface area contributed by atoms with Crippen molar-refractivity contribution in [2.75, 3.05) is 6.98 Å². The highest BCUT2D eigenvalue weighted by Gasteiger charge is 2.36. The molecule has 2 aromatic rings. The predicted octanol–water partition coefficient (Wildman–Crippen LogP) is 2.32. The number of benzene rings is 1. The first-order valence-corrected chi connectivity index (χ1v) is 8.35. The molecular formula is C18H24N4O. The number of piperidine rings is 2. The van der Waals surface area contributed by atoms with E-state index >= 15 is 0 Å². The summed E-state index contributed by atoms with van der Waals surface area (Å²) in [5.41, 5.74) is 1.36. The van der Waals surface area contributed by atoms with Crippen molar-refractivity contribution in [3.05, 3.63) is 30.0 Å². The Labute approximate surface area is 140 Å². The highest BCUT2D eigenvalue weighted by atomic mass is 16.2. The molecule has 5 nitrogen and oxygen atoms in total. The first-order valence-electron chi connectivity index (χ1n) is 9.85. The molecule has 4 rings (SSSR count). The molecule has 2 saturated heterocycles. The predicted molar refractivity (Wildman–Crippen MR) is 90.4 cm³/mol. The zero-order chi connectivity index (χ0) is 18.5. The van der Waals surface area contributed by atoms with E-state index in [4.69, 9.17) is 4.11 Å². The molecule has 122 valence electrons. The minimum Gasteiger partial charge on any atom is -0.348 e. The minimum atomic E-state index is -2.05. The van der Waals surface area contributed by atoms with Gasteiger partial charge in [0.1, 0.15) is 0 Å². The van der Waals surface area contributed by atoms with Crippen LogP contribution in [-0.2, 0) is 7.05 Å². The number of rotatable bonds is 2. The number of aryl methyl sites for hydroxylation is 1. The maximum Gasteiger partial charge on any atom is 0.272 e. The summed E-state index contributed by atoms with van der Waals surface area (Å²) in [6.07, 6.45) is 4.20. The van der Waals surface area contributed by atoms with Gasteiger partial charge in [0.15, 0.2) is 5.69 Å². The van der Waals surface area contributed by atoms with E-state index in [0.29, 0.717) is 18.5 Å². The van der Waals surface area contributed by atoms with Gasteiger partial charge >= 0.3 is 0 Å². The van der Waals surface area contributed by atoms with Gasteiger partial charge in [-0.2, -0.15) is 5.10 Å². The lowest BCUT2D eigenvalue weighted by Crippen LogP contribution is -2.55. The number of aromatic nitrogens is 2. The lowest BCUT2D eigenvalue weighted by atomic mass is 9.82. The van der Waals surface area contributed by atoms with Crippen LogP contribution >= 0.6 is 0 Å². The van der Waals surface area contributed by atoms with Crippen LogP contribution in [0, 0.1) is 0 Å². The number of amides is 1. The number of nitrogens with one attached hydrogen (secondary N) is 1. The Kier molecular flexibility index (Phi) is 2.85. The van der Waals surface area contributed by atoms with Gasteiger partial charge in [-0.3, -0.25) is 9.48 Å². The van der Waals surface area contributed by atoms with Crippen LogP contribution in [-0.4, -0.2) is 45.7 Å². The molecule has 3 atom stereocenters. The molecule has 1 amide bonds. The smallest absolute Gasteiger partial charge is 0.272 e. The second kappa shape index (κ2) is 5.64. The molecule has 0 saturated carbocycles. The van der Waals surface area contributed by atoms with Crippen LogP contribution in [0.4, 0.5) is 0 Å². The molecule has 2 bridgehead atoms. The van der Waals surface area contributed by atoms with Crippen molar-refractivity contribution >= 4 is 16.8 Å². The van der Waals surface area contributed by atoms with Crippen molar-refractivity contribution < 1.29 is 8.91 Å². The number of hydrogen-bond donors (Lipinski definition) is 1. The highest BCUT2D eigenvalue weighted by molar-refractivity contribution is 6.04. The van der Waals surface area contributed by atoms with Crippen molar-refractivity contribution in [3.63, 3.8) is 0 Å². The van der Waals surface area contributed by atoms with E-state index in [-0.39, 0.29) is 24.0 Å². The Morgan fingerprint density at radius 2 is 2.04 bits per heavy atom. The summed E-state index contributed by atoms with van der Waals surface area (Å²) in [6.45, 7) is -2.05. The van der Waals surface area contributed by atoms with E-state index in [1.165, 1.54) is 0 Å². The number of para-hydroxylation sites is 1. The summed E-state index contributed by atoms with van der Waals surface area (Å²) >= 11 is 0. The van der Waals surface area contributed by atoms with Gasteiger partial charge in [-0.25, -0.2) is 0 Å². The van der Waals surface area contributed by atoms with Crippen molar-refractivity contribution in [1.29, 1.82) is 0 Å². The second-order valence-corrected chi connectivity index (χ2v) is 6.78.